The number of carbonyl (C=O) groups is 1. The third-order valence-corrected chi connectivity index (χ3v) is 3.75. The number of hydrogen-bond donors (Lipinski definition) is 1. The van der Waals surface area contributed by atoms with Crippen LogP contribution in [0.15, 0.2) is 11.8 Å². The van der Waals surface area contributed by atoms with Crippen LogP contribution in [-0.2, 0) is 4.79 Å². The molecule has 2 nitrogen and oxygen atoms in total. The summed E-state index contributed by atoms with van der Waals surface area (Å²) in [6, 6.07) is 0. The van der Waals surface area contributed by atoms with Crippen LogP contribution in [0, 0.1) is 11.3 Å². The Morgan fingerprint density at radius 1 is 1.54 bits per heavy atom. The average molecular weight is 180 g/mol. The van der Waals surface area contributed by atoms with Gasteiger partial charge in [-0.3, -0.25) is 4.79 Å². The number of fused-ring (bicyclic) bond motifs is 1. The molecule has 0 aromatic carbocycles. The minimum absolute atomic E-state index is 0.000602. The third kappa shape index (κ3) is 1.19. The summed E-state index contributed by atoms with van der Waals surface area (Å²) >= 11 is 0. The Bertz CT molecular complexity index is 267. The number of ketones is 1. The zero-order valence-electron chi connectivity index (χ0n) is 8.05. The van der Waals surface area contributed by atoms with Gasteiger partial charge in [-0.1, -0.05) is 19.8 Å². The zero-order chi connectivity index (χ0) is 9.47. The number of rotatable bonds is 0. The molecule has 0 aromatic heterocycles. The molecule has 0 heterocycles. The number of aliphatic hydroxyl groups excluding tert-OH is 1. The number of carbonyl (C=O) groups excluding carboxylic acids is 1. The van der Waals surface area contributed by atoms with Crippen LogP contribution in [0.3, 0.4) is 0 Å². The molecule has 0 radical (unpaired) electrons. The van der Waals surface area contributed by atoms with Crippen LogP contribution in [0.2, 0.25) is 0 Å². The Morgan fingerprint density at radius 3 is 3.08 bits per heavy atom. The van der Waals surface area contributed by atoms with Crippen molar-refractivity contribution in [3.8, 4) is 0 Å². The molecule has 1 fully saturated rings. The van der Waals surface area contributed by atoms with Gasteiger partial charge in [-0.15, -0.1) is 0 Å². The SMILES string of the molecule is C[C@@]12CCCC[C@H]1CC=C(O)C2=O. The molecule has 72 valence electrons. The summed E-state index contributed by atoms with van der Waals surface area (Å²) < 4.78 is 0. The smallest absolute Gasteiger partial charge is 0.202 e. The van der Waals surface area contributed by atoms with Crippen molar-refractivity contribution in [2.24, 2.45) is 11.3 Å². The van der Waals surface area contributed by atoms with E-state index in [1.165, 1.54) is 6.42 Å². The molecular weight excluding hydrogens is 164 g/mol. The minimum Gasteiger partial charge on any atom is -0.505 e. The van der Waals surface area contributed by atoms with Gasteiger partial charge < -0.3 is 5.11 Å². The van der Waals surface area contributed by atoms with Crippen LogP contribution in [0.5, 0.6) is 0 Å². The van der Waals surface area contributed by atoms with Gasteiger partial charge in [-0.2, -0.15) is 0 Å². The van der Waals surface area contributed by atoms with Crippen molar-refractivity contribution in [2.75, 3.05) is 0 Å². The van der Waals surface area contributed by atoms with Crippen molar-refractivity contribution < 1.29 is 9.90 Å². The van der Waals surface area contributed by atoms with Crippen LogP contribution in [0.25, 0.3) is 0 Å². The summed E-state index contributed by atoms with van der Waals surface area (Å²) in [5.74, 6) is 0.453. The van der Waals surface area contributed by atoms with Crippen molar-refractivity contribution in [1.29, 1.82) is 0 Å². The summed E-state index contributed by atoms with van der Waals surface area (Å²) in [6.07, 6.45) is 7.04. The summed E-state index contributed by atoms with van der Waals surface area (Å²) in [6.45, 7) is 2.02. The summed E-state index contributed by atoms with van der Waals surface area (Å²) in [4.78, 5) is 11.8. The molecule has 2 heteroatoms. The van der Waals surface area contributed by atoms with Crippen LogP contribution >= 0.6 is 0 Å². The Morgan fingerprint density at radius 2 is 2.31 bits per heavy atom. The molecule has 0 aliphatic heterocycles. The fourth-order valence-electron chi connectivity index (χ4n) is 2.72. The van der Waals surface area contributed by atoms with Gasteiger partial charge in [0.15, 0.2) is 5.76 Å². The molecule has 0 aromatic rings. The van der Waals surface area contributed by atoms with Gasteiger partial charge in [0.1, 0.15) is 0 Å². The highest BCUT2D eigenvalue weighted by molar-refractivity contribution is 5.98. The van der Waals surface area contributed by atoms with E-state index in [2.05, 4.69) is 0 Å². The van der Waals surface area contributed by atoms with E-state index in [-0.39, 0.29) is 17.0 Å². The topological polar surface area (TPSA) is 37.3 Å². The second-order valence-corrected chi connectivity index (χ2v) is 4.51. The maximum Gasteiger partial charge on any atom is 0.202 e. The first-order valence-electron chi connectivity index (χ1n) is 5.08. The van der Waals surface area contributed by atoms with E-state index >= 15 is 0 Å². The van der Waals surface area contributed by atoms with Crippen LogP contribution in [-0.4, -0.2) is 10.9 Å². The van der Waals surface area contributed by atoms with Gasteiger partial charge in [0.05, 0.1) is 0 Å². The largest absolute Gasteiger partial charge is 0.505 e. The monoisotopic (exact) mass is 180 g/mol. The van der Waals surface area contributed by atoms with Crippen molar-refractivity contribution >= 4 is 5.78 Å². The predicted molar refractivity (Wildman–Crippen MR) is 50.4 cm³/mol. The fraction of sp³-hybridized carbons (Fsp3) is 0.727. The molecule has 0 spiro atoms. The average Bonchev–Trinajstić information content (AvgIpc) is 2.13. The summed E-state index contributed by atoms with van der Waals surface area (Å²) in [7, 11) is 0. The first-order valence-corrected chi connectivity index (χ1v) is 5.08. The molecule has 2 rings (SSSR count). The second-order valence-electron chi connectivity index (χ2n) is 4.51. The molecule has 0 saturated heterocycles. The van der Waals surface area contributed by atoms with E-state index in [1.54, 1.807) is 6.08 Å². The van der Waals surface area contributed by atoms with Gasteiger partial charge >= 0.3 is 0 Å². The Labute approximate surface area is 78.6 Å². The lowest BCUT2D eigenvalue weighted by atomic mass is 9.61. The Balaban J connectivity index is 2.32. The van der Waals surface area contributed by atoms with E-state index in [0.29, 0.717) is 5.92 Å². The van der Waals surface area contributed by atoms with Gasteiger partial charge in [0.2, 0.25) is 5.78 Å². The van der Waals surface area contributed by atoms with Gasteiger partial charge in [0.25, 0.3) is 0 Å². The third-order valence-electron chi connectivity index (χ3n) is 3.75. The summed E-state index contributed by atoms with van der Waals surface area (Å²) in [5.41, 5.74) is -0.253. The van der Waals surface area contributed by atoms with E-state index < -0.39 is 0 Å². The lowest BCUT2D eigenvalue weighted by molar-refractivity contribution is -0.132. The Hall–Kier alpha value is -0.790. The Kier molecular flexibility index (Phi) is 1.94. The molecular formula is C11H16O2. The molecule has 0 bridgehead atoms. The zero-order valence-corrected chi connectivity index (χ0v) is 8.05. The van der Waals surface area contributed by atoms with Crippen molar-refractivity contribution in [3.63, 3.8) is 0 Å². The number of Topliss-reactive ketones (excluding diaryl/α,β-unsaturated/α-hetero) is 1. The first-order chi connectivity index (χ1) is 6.14. The van der Waals surface area contributed by atoms with Crippen LogP contribution < -0.4 is 0 Å². The molecule has 1 N–H and O–H groups in total. The highest BCUT2D eigenvalue weighted by Gasteiger charge is 2.45. The number of allylic oxidation sites excluding steroid dienone is 2. The normalized spacial score (nSPS) is 39.6. The van der Waals surface area contributed by atoms with Crippen LogP contribution in [0.1, 0.15) is 39.0 Å². The fourth-order valence-corrected chi connectivity index (χ4v) is 2.72. The lowest BCUT2D eigenvalue weighted by Crippen LogP contribution is -2.41. The van der Waals surface area contributed by atoms with Crippen molar-refractivity contribution in [2.45, 2.75) is 39.0 Å². The highest BCUT2D eigenvalue weighted by atomic mass is 16.3. The molecule has 0 amide bonds. The molecule has 2 atom stereocenters. The van der Waals surface area contributed by atoms with E-state index in [0.717, 1.165) is 25.7 Å². The van der Waals surface area contributed by atoms with Crippen molar-refractivity contribution in [1.82, 2.24) is 0 Å². The standard InChI is InChI=1S/C11H16O2/c1-11-7-3-2-4-8(11)5-6-9(12)10(11)13/h6,8,12H,2-5,7H2,1H3/t8-,11+/m0/s1. The van der Waals surface area contributed by atoms with Crippen molar-refractivity contribution in [3.05, 3.63) is 11.8 Å². The molecule has 2 aliphatic carbocycles. The molecule has 0 unspecified atom stereocenters. The lowest BCUT2D eigenvalue weighted by Gasteiger charge is -2.41. The summed E-state index contributed by atoms with van der Waals surface area (Å²) in [5, 5.41) is 9.39. The van der Waals surface area contributed by atoms with E-state index in [1.807, 2.05) is 6.92 Å². The molecule has 2 aliphatic rings. The van der Waals surface area contributed by atoms with E-state index in [9.17, 15) is 9.90 Å². The maximum atomic E-state index is 11.8. The molecule has 1 saturated carbocycles. The van der Waals surface area contributed by atoms with Gasteiger partial charge in [-0.05, 0) is 31.3 Å². The number of aliphatic hydroxyl groups is 1. The maximum absolute atomic E-state index is 11.8. The minimum atomic E-state index is -0.253. The highest BCUT2D eigenvalue weighted by Crippen LogP contribution is 2.47. The number of hydrogen-bond acceptors (Lipinski definition) is 2. The van der Waals surface area contributed by atoms with Gasteiger partial charge in [-0.25, -0.2) is 0 Å². The van der Waals surface area contributed by atoms with E-state index in [4.69, 9.17) is 0 Å². The van der Waals surface area contributed by atoms with Gasteiger partial charge in [0, 0.05) is 5.41 Å². The first kappa shape index (κ1) is 8.79. The quantitative estimate of drug-likeness (QED) is 0.622. The second kappa shape index (κ2) is 2.86. The van der Waals surface area contributed by atoms with Crippen LogP contribution in [0.4, 0.5) is 0 Å². The predicted octanol–water partition coefficient (Wildman–Crippen LogP) is 2.60. The molecule has 13 heavy (non-hydrogen) atoms.